The number of nitrogens with zero attached hydrogens (tertiary/aromatic N) is 2. The summed E-state index contributed by atoms with van der Waals surface area (Å²) in [4.78, 5) is 4.55. The molecule has 0 spiro atoms. The highest BCUT2D eigenvalue weighted by atomic mass is 16.5. The van der Waals surface area contributed by atoms with Crippen molar-refractivity contribution in [2.75, 3.05) is 14.2 Å². The van der Waals surface area contributed by atoms with Gasteiger partial charge in [0.05, 0.1) is 0 Å². The minimum atomic E-state index is -0.0932. The van der Waals surface area contributed by atoms with Crippen molar-refractivity contribution in [1.82, 2.24) is 15.5 Å². The summed E-state index contributed by atoms with van der Waals surface area (Å²) in [7, 11) is 3.73. The van der Waals surface area contributed by atoms with Crippen molar-refractivity contribution in [1.29, 1.82) is 0 Å². The van der Waals surface area contributed by atoms with Crippen LogP contribution in [0.25, 0.3) is 0 Å². The van der Waals surface area contributed by atoms with E-state index in [0.717, 1.165) is 12.3 Å². The molecule has 1 unspecified atom stereocenters. The fourth-order valence-corrected chi connectivity index (χ4v) is 3.16. The van der Waals surface area contributed by atoms with Crippen molar-refractivity contribution < 1.29 is 9.26 Å². The Morgan fingerprint density at radius 1 is 1.30 bits per heavy atom. The topological polar surface area (TPSA) is 60.2 Å². The second kappa shape index (κ2) is 6.68. The standard InChI is InChI=1S/C15H27N3O2/c1-11(2)13(19-4)14-17-12(20-18-14)10-15(16-3)8-6-5-7-9-15/h11,13,16H,5-10H2,1-4H3. The fraction of sp³-hybridized carbons (Fsp3) is 0.867. The van der Waals surface area contributed by atoms with Gasteiger partial charge in [-0.1, -0.05) is 38.3 Å². The first kappa shape index (κ1) is 15.4. The maximum atomic E-state index is 5.45. The van der Waals surface area contributed by atoms with Crippen molar-refractivity contribution >= 4 is 0 Å². The molecule has 1 fully saturated rings. The van der Waals surface area contributed by atoms with Crippen LogP contribution < -0.4 is 5.32 Å². The zero-order chi connectivity index (χ0) is 14.6. The second-order valence-electron chi connectivity index (χ2n) is 6.21. The molecule has 0 aliphatic heterocycles. The van der Waals surface area contributed by atoms with E-state index in [0.29, 0.717) is 11.7 Å². The summed E-state index contributed by atoms with van der Waals surface area (Å²) in [6, 6.07) is 0. The van der Waals surface area contributed by atoms with Gasteiger partial charge in [-0.15, -0.1) is 0 Å². The van der Waals surface area contributed by atoms with Crippen LogP contribution >= 0.6 is 0 Å². The molecular weight excluding hydrogens is 254 g/mol. The summed E-state index contributed by atoms with van der Waals surface area (Å²) >= 11 is 0. The van der Waals surface area contributed by atoms with Gasteiger partial charge in [-0.05, 0) is 25.8 Å². The van der Waals surface area contributed by atoms with Gasteiger partial charge in [0, 0.05) is 19.1 Å². The lowest BCUT2D eigenvalue weighted by molar-refractivity contribution is 0.0555. The molecule has 20 heavy (non-hydrogen) atoms. The number of likely N-dealkylation sites (N-methyl/N-ethyl adjacent to an activating group) is 1. The molecular formula is C15H27N3O2. The number of rotatable bonds is 6. The first-order valence-electron chi connectivity index (χ1n) is 7.64. The van der Waals surface area contributed by atoms with Gasteiger partial charge in [-0.3, -0.25) is 0 Å². The van der Waals surface area contributed by atoms with Gasteiger partial charge in [-0.25, -0.2) is 0 Å². The molecule has 0 aromatic carbocycles. The quantitative estimate of drug-likeness (QED) is 0.868. The lowest BCUT2D eigenvalue weighted by Gasteiger charge is -2.36. The van der Waals surface area contributed by atoms with E-state index in [-0.39, 0.29) is 11.6 Å². The van der Waals surface area contributed by atoms with E-state index in [1.54, 1.807) is 7.11 Å². The first-order chi connectivity index (χ1) is 9.60. The summed E-state index contributed by atoms with van der Waals surface area (Å²) in [5.41, 5.74) is 0.127. The molecule has 114 valence electrons. The van der Waals surface area contributed by atoms with Gasteiger partial charge >= 0.3 is 0 Å². The number of hydrogen-bond acceptors (Lipinski definition) is 5. The average molecular weight is 281 g/mol. The zero-order valence-electron chi connectivity index (χ0n) is 13.1. The van der Waals surface area contributed by atoms with Crippen LogP contribution in [0.3, 0.4) is 0 Å². The number of ether oxygens (including phenoxy) is 1. The second-order valence-corrected chi connectivity index (χ2v) is 6.21. The van der Waals surface area contributed by atoms with Gasteiger partial charge in [0.15, 0.2) is 0 Å². The van der Waals surface area contributed by atoms with E-state index >= 15 is 0 Å². The maximum absolute atomic E-state index is 5.45. The smallest absolute Gasteiger partial charge is 0.228 e. The normalized spacial score (nSPS) is 20.2. The minimum Gasteiger partial charge on any atom is -0.373 e. The highest BCUT2D eigenvalue weighted by Crippen LogP contribution is 2.31. The van der Waals surface area contributed by atoms with E-state index in [9.17, 15) is 0 Å². The van der Waals surface area contributed by atoms with Crippen molar-refractivity contribution in [3.05, 3.63) is 11.7 Å². The van der Waals surface area contributed by atoms with Crippen molar-refractivity contribution in [2.45, 2.75) is 64.0 Å². The Labute approximate surface area is 121 Å². The van der Waals surface area contributed by atoms with Crippen LogP contribution in [0.1, 0.15) is 63.8 Å². The van der Waals surface area contributed by atoms with Gasteiger partial charge in [0.25, 0.3) is 0 Å². The molecule has 1 saturated carbocycles. The van der Waals surface area contributed by atoms with Crippen molar-refractivity contribution in [3.8, 4) is 0 Å². The molecule has 0 saturated heterocycles. The average Bonchev–Trinajstić information content (AvgIpc) is 2.88. The Kier molecular flexibility index (Phi) is 5.16. The molecule has 1 aliphatic rings. The van der Waals surface area contributed by atoms with E-state index < -0.39 is 0 Å². The van der Waals surface area contributed by atoms with Crippen molar-refractivity contribution in [3.63, 3.8) is 0 Å². The zero-order valence-corrected chi connectivity index (χ0v) is 13.1. The number of hydrogen-bond donors (Lipinski definition) is 1. The third-order valence-electron chi connectivity index (χ3n) is 4.43. The van der Waals surface area contributed by atoms with Gasteiger partial charge in [0.1, 0.15) is 6.10 Å². The molecule has 1 heterocycles. The third kappa shape index (κ3) is 3.38. The Hall–Kier alpha value is -0.940. The predicted octanol–water partition coefficient (Wildman–Crippen LogP) is 2.88. The van der Waals surface area contributed by atoms with E-state index in [1.807, 2.05) is 7.05 Å². The molecule has 0 bridgehead atoms. The van der Waals surface area contributed by atoms with Crippen LogP contribution in [0.4, 0.5) is 0 Å². The lowest BCUT2D eigenvalue weighted by atomic mass is 9.79. The van der Waals surface area contributed by atoms with Gasteiger partial charge in [-0.2, -0.15) is 4.98 Å². The molecule has 2 rings (SSSR count). The Morgan fingerprint density at radius 3 is 2.55 bits per heavy atom. The number of nitrogens with one attached hydrogen (secondary N) is 1. The first-order valence-corrected chi connectivity index (χ1v) is 7.64. The van der Waals surface area contributed by atoms with Crippen LogP contribution in [0, 0.1) is 5.92 Å². The van der Waals surface area contributed by atoms with E-state index in [2.05, 4.69) is 29.3 Å². The summed E-state index contributed by atoms with van der Waals surface area (Å²) in [6.07, 6.45) is 6.95. The Balaban J connectivity index is 2.08. The molecule has 0 radical (unpaired) electrons. The molecule has 1 aromatic rings. The molecule has 1 N–H and O–H groups in total. The monoisotopic (exact) mass is 281 g/mol. The number of methoxy groups -OCH3 is 1. The molecule has 5 nitrogen and oxygen atoms in total. The predicted molar refractivity (Wildman–Crippen MR) is 77.5 cm³/mol. The molecule has 1 aromatic heterocycles. The highest BCUT2D eigenvalue weighted by molar-refractivity contribution is 5.00. The van der Waals surface area contributed by atoms with Crippen LogP contribution in [0.5, 0.6) is 0 Å². The van der Waals surface area contributed by atoms with Crippen LogP contribution in [0.15, 0.2) is 4.52 Å². The highest BCUT2D eigenvalue weighted by Gasteiger charge is 2.33. The Bertz CT molecular complexity index is 411. The molecule has 0 amide bonds. The van der Waals surface area contributed by atoms with Crippen LogP contribution in [-0.4, -0.2) is 29.8 Å². The Morgan fingerprint density at radius 2 is 2.00 bits per heavy atom. The van der Waals surface area contributed by atoms with E-state index in [1.165, 1.54) is 32.1 Å². The third-order valence-corrected chi connectivity index (χ3v) is 4.43. The SMILES string of the molecule is CNC1(Cc2nc(C(OC)C(C)C)no2)CCCCC1. The summed E-state index contributed by atoms with van der Waals surface area (Å²) in [5.74, 6) is 1.72. The van der Waals surface area contributed by atoms with Gasteiger partial charge < -0.3 is 14.6 Å². The minimum absolute atomic E-state index is 0.0932. The fourth-order valence-electron chi connectivity index (χ4n) is 3.16. The van der Waals surface area contributed by atoms with E-state index in [4.69, 9.17) is 9.26 Å². The van der Waals surface area contributed by atoms with Crippen LogP contribution in [0.2, 0.25) is 0 Å². The van der Waals surface area contributed by atoms with Gasteiger partial charge in [0.2, 0.25) is 11.7 Å². The number of aromatic nitrogens is 2. The molecule has 1 aliphatic carbocycles. The largest absolute Gasteiger partial charge is 0.373 e. The molecule has 1 atom stereocenters. The van der Waals surface area contributed by atoms with Crippen molar-refractivity contribution in [2.24, 2.45) is 5.92 Å². The molecule has 5 heteroatoms. The summed E-state index contributed by atoms with van der Waals surface area (Å²) < 4.78 is 10.9. The summed E-state index contributed by atoms with van der Waals surface area (Å²) in [5, 5.41) is 7.58. The maximum Gasteiger partial charge on any atom is 0.228 e. The van der Waals surface area contributed by atoms with Crippen LogP contribution in [-0.2, 0) is 11.2 Å². The lowest BCUT2D eigenvalue weighted by Crippen LogP contribution is -2.46. The summed E-state index contributed by atoms with van der Waals surface area (Å²) in [6.45, 7) is 4.20.